The molecule has 1 aromatic carbocycles. The Balaban J connectivity index is 2.07. The van der Waals surface area contributed by atoms with Crippen molar-refractivity contribution in [2.45, 2.75) is 25.4 Å². The van der Waals surface area contributed by atoms with Crippen LogP contribution in [-0.4, -0.2) is 18.8 Å². The molecule has 1 heterocycles. The van der Waals surface area contributed by atoms with E-state index in [1.54, 1.807) is 19.1 Å². The first-order chi connectivity index (χ1) is 7.58. The van der Waals surface area contributed by atoms with E-state index in [1.165, 1.54) is 12.1 Å². The summed E-state index contributed by atoms with van der Waals surface area (Å²) in [4.78, 5) is 0. The maximum Gasteiger partial charge on any atom is 0.123 e. The Hall–Kier alpha value is -0.960. The molecule has 1 nitrogen and oxygen atoms in total. The van der Waals surface area contributed by atoms with Gasteiger partial charge in [-0.1, -0.05) is 12.1 Å². The molecule has 2 unspecified atom stereocenters. The van der Waals surface area contributed by atoms with Crippen LogP contribution in [0.25, 0.3) is 0 Å². The number of nitrogens with one attached hydrogen (secondary N) is 1. The number of benzene rings is 1. The van der Waals surface area contributed by atoms with E-state index in [1.807, 2.05) is 0 Å². The van der Waals surface area contributed by atoms with Crippen LogP contribution in [0.2, 0.25) is 0 Å². The maximum absolute atomic E-state index is 14.5. The molecule has 1 aromatic rings. The molecule has 2 atom stereocenters. The van der Waals surface area contributed by atoms with Gasteiger partial charge in [0, 0.05) is 18.9 Å². The number of hydrogen-bond acceptors (Lipinski definition) is 1. The van der Waals surface area contributed by atoms with Gasteiger partial charge in [0.15, 0.2) is 0 Å². The molecule has 1 aliphatic rings. The predicted molar refractivity (Wildman–Crippen MR) is 60.6 cm³/mol. The van der Waals surface area contributed by atoms with Crippen molar-refractivity contribution >= 4 is 0 Å². The monoisotopic (exact) mass is 225 g/mol. The molecule has 16 heavy (non-hydrogen) atoms. The Morgan fingerprint density at radius 2 is 2.31 bits per heavy atom. The molecule has 0 aromatic heterocycles. The highest BCUT2D eigenvalue weighted by atomic mass is 19.1. The largest absolute Gasteiger partial charge is 0.316 e. The lowest BCUT2D eigenvalue weighted by Crippen LogP contribution is -2.33. The molecule has 0 radical (unpaired) electrons. The van der Waals surface area contributed by atoms with Gasteiger partial charge >= 0.3 is 0 Å². The normalized spacial score (nSPS) is 24.3. The summed E-state index contributed by atoms with van der Waals surface area (Å²) in [6.45, 7) is 3.23. The molecule has 2 rings (SSSR count). The third-order valence-electron chi connectivity index (χ3n) is 3.35. The van der Waals surface area contributed by atoms with Gasteiger partial charge in [0.2, 0.25) is 0 Å². The van der Waals surface area contributed by atoms with E-state index in [0.29, 0.717) is 0 Å². The number of alkyl halides is 1. The van der Waals surface area contributed by atoms with E-state index < -0.39 is 5.67 Å². The highest BCUT2D eigenvalue weighted by Gasteiger charge is 2.36. The van der Waals surface area contributed by atoms with E-state index in [2.05, 4.69) is 5.32 Å². The van der Waals surface area contributed by atoms with Gasteiger partial charge in [0.05, 0.1) is 0 Å². The average Bonchev–Trinajstić information content (AvgIpc) is 2.69. The summed E-state index contributed by atoms with van der Waals surface area (Å²) in [5.74, 6) is -0.256. The lowest BCUT2D eigenvalue weighted by molar-refractivity contribution is 0.113. The quantitative estimate of drug-likeness (QED) is 0.834. The molecule has 1 saturated heterocycles. The Morgan fingerprint density at radius 3 is 2.94 bits per heavy atom. The van der Waals surface area contributed by atoms with Crippen LogP contribution in [0.1, 0.15) is 18.9 Å². The van der Waals surface area contributed by atoms with E-state index >= 15 is 0 Å². The molecular formula is C13H17F2N. The molecule has 3 heteroatoms. The first-order valence-electron chi connectivity index (χ1n) is 5.72. The molecule has 0 bridgehead atoms. The summed E-state index contributed by atoms with van der Waals surface area (Å²) < 4.78 is 27.4. The van der Waals surface area contributed by atoms with Crippen molar-refractivity contribution in [2.75, 3.05) is 13.1 Å². The number of hydrogen-bond donors (Lipinski definition) is 1. The molecule has 0 saturated carbocycles. The fourth-order valence-electron chi connectivity index (χ4n) is 2.36. The summed E-state index contributed by atoms with van der Waals surface area (Å²) >= 11 is 0. The van der Waals surface area contributed by atoms with Crippen LogP contribution in [-0.2, 0) is 6.42 Å². The van der Waals surface area contributed by atoms with Crippen LogP contribution in [0.4, 0.5) is 8.78 Å². The van der Waals surface area contributed by atoms with Crippen LogP contribution >= 0.6 is 0 Å². The molecule has 1 N–H and O–H groups in total. The SMILES string of the molecule is CC(F)(Cc1cccc(F)c1)C1CCNC1. The molecular weight excluding hydrogens is 208 g/mol. The Bertz CT molecular complexity index is 357. The van der Waals surface area contributed by atoms with E-state index in [-0.39, 0.29) is 18.2 Å². The summed E-state index contributed by atoms with van der Waals surface area (Å²) in [7, 11) is 0. The molecule has 0 amide bonds. The second kappa shape index (κ2) is 4.50. The van der Waals surface area contributed by atoms with Gasteiger partial charge in [-0.3, -0.25) is 0 Å². The van der Waals surface area contributed by atoms with Gasteiger partial charge in [-0.25, -0.2) is 8.78 Å². The minimum Gasteiger partial charge on any atom is -0.316 e. The summed E-state index contributed by atoms with van der Waals surface area (Å²) in [6, 6.07) is 6.22. The zero-order valence-electron chi connectivity index (χ0n) is 9.47. The predicted octanol–water partition coefficient (Wildman–Crippen LogP) is 2.71. The van der Waals surface area contributed by atoms with Crippen molar-refractivity contribution in [3.63, 3.8) is 0 Å². The average molecular weight is 225 g/mol. The van der Waals surface area contributed by atoms with Gasteiger partial charge in [-0.15, -0.1) is 0 Å². The topological polar surface area (TPSA) is 12.0 Å². The highest BCUT2D eigenvalue weighted by molar-refractivity contribution is 5.18. The maximum atomic E-state index is 14.5. The van der Waals surface area contributed by atoms with Crippen LogP contribution in [0.15, 0.2) is 24.3 Å². The minimum absolute atomic E-state index is 0.0377. The van der Waals surface area contributed by atoms with Gasteiger partial charge in [0.1, 0.15) is 11.5 Å². The van der Waals surface area contributed by atoms with E-state index in [4.69, 9.17) is 0 Å². The van der Waals surface area contributed by atoms with Crippen LogP contribution in [0, 0.1) is 11.7 Å². The minimum atomic E-state index is -1.25. The summed E-state index contributed by atoms with van der Waals surface area (Å²) in [5, 5.41) is 3.16. The van der Waals surface area contributed by atoms with Gasteiger partial charge in [-0.2, -0.15) is 0 Å². The molecule has 0 aliphatic carbocycles. The summed E-state index contributed by atoms with van der Waals surface area (Å²) in [5.41, 5.74) is -0.519. The first-order valence-corrected chi connectivity index (χ1v) is 5.72. The molecule has 1 fully saturated rings. The second-order valence-corrected chi connectivity index (χ2v) is 4.77. The molecule has 1 aliphatic heterocycles. The van der Waals surface area contributed by atoms with Crippen LogP contribution < -0.4 is 5.32 Å². The third kappa shape index (κ3) is 2.59. The van der Waals surface area contributed by atoms with Crippen molar-refractivity contribution < 1.29 is 8.78 Å². The van der Waals surface area contributed by atoms with Crippen molar-refractivity contribution in [3.05, 3.63) is 35.6 Å². The lowest BCUT2D eigenvalue weighted by Gasteiger charge is -2.26. The smallest absolute Gasteiger partial charge is 0.123 e. The van der Waals surface area contributed by atoms with Gasteiger partial charge < -0.3 is 5.32 Å². The Kier molecular flexibility index (Phi) is 3.24. The van der Waals surface area contributed by atoms with Crippen molar-refractivity contribution in [1.82, 2.24) is 5.32 Å². The van der Waals surface area contributed by atoms with E-state index in [0.717, 1.165) is 25.1 Å². The zero-order valence-corrected chi connectivity index (χ0v) is 9.47. The fraction of sp³-hybridized carbons (Fsp3) is 0.538. The molecule has 88 valence electrons. The highest BCUT2D eigenvalue weighted by Crippen LogP contribution is 2.30. The summed E-state index contributed by atoms with van der Waals surface area (Å²) in [6.07, 6.45) is 1.15. The standard InChI is InChI=1S/C13H17F2N/c1-13(15,11-5-6-16-9-11)8-10-3-2-4-12(14)7-10/h2-4,7,11,16H,5-6,8-9H2,1H3. The Morgan fingerprint density at radius 1 is 1.50 bits per heavy atom. The third-order valence-corrected chi connectivity index (χ3v) is 3.35. The van der Waals surface area contributed by atoms with E-state index in [9.17, 15) is 8.78 Å². The van der Waals surface area contributed by atoms with Crippen LogP contribution in [0.3, 0.4) is 0 Å². The van der Waals surface area contributed by atoms with Gasteiger partial charge in [-0.05, 0) is 37.6 Å². The zero-order chi connectivity index (χ0) is 11.6. The number of halogens is 2. The lowest BCUT2D eigenvalue weighted by atomic mass is 9.85. The van der Waals surface area contributed by atoms with Crippen molar-refractivity contribution in [2.24, 2.45) is 5.92 Å². The van der Waals surface area contributed by atoms with Gasteiger partial charge in [0.25, 0.3) is 0 Å². The fourth-order valence-corrected chi connectivity index (χ4v) is 2.36. The second-order valence-electron chi connectivity index (χ2n) is 4.77. The number of rotatable bonds is 3. The molecule has 0 spiro atoms. The van der Waals surface area contributed by atoms with Crippen LogP contribution in [0.5, 0.6) is 0 Å². The van der Waals surface area contributed by atoms with Crippen molar-refractivity contribution in [1.29, 1.82) is 0 Å². The first kappa shape index (κ1) is 11.5. The van der Waals surface area contributed by atoms with Crippen molar-refractivity contribution in [3.8, 4) is 0 Å². The Labute approximate surface area is 94.9 Å².